The molecule has 1 aromatic carbocycles. The third kappa shape index (κ3) is 6.48. The molecule has 1 fully saturated rings. The van der Waals surface area contributed by atoms with Crippen LogP contribution in [0.2, 0.25) is 0 Å². The molecule has 0 spiro atoms. The van der Waals surface area contributed by atoms with Gasteiger partial charge in [0.1, 0.15) is 0 Å². The highest BCUT2D eigenvalue weighted by Crippen LogP contribution is 2.35. The van der Waals surface area contributed by atoms with Gasteiger partial charge in [-0.3, -0.25) is 9.59 Å². The number of halogens is 3. The van der Waals surface area contributed by atoms with Crippen molar-refractivity contribution in [3.63, 3.8) is 0 Å². The van der Waals surface area contributed by atoms with Gasteiger partial charge in [0.15, 0.2) is 11.9 Å². The summed E-state index contributed by atoms with van der Waals surface area (Å²) in [6.45, 7) is 4.26. The van der Waals surface area contributed by atoms with E-state index in [1.807, 2.05) is 18.2 Å². The Labute approximate surface area is 231 Å². The smallest absolute Gasteiger partial charge is 0.425 e. The van der Waals surface area contributed by atoms with Crippen molar-refractivity contribution in [2.24, 2.45) is 11.8 Å². The molecule has 10 heteroatoms. The van der Waals surface area contributed by atoms with Gasteiger partial charge in [-0.15, -0.1) is 0 Å². The lowest BCUT2D eigenvalue weighted by Gasteiger charge is -2.30. The van der Waals surface area contributed by atoms with E-state index in [0.29, 0.717) is 35.9 Å². The molecule has 212 valence electrons. The van der Waals surface area contributed by atoms with Gasteiger partial charge >= 0.3 is 6.18 Å². The normalized spacial score (nSPS) is 22.8. The van der Waals surface area contributed by atoms with E-state index in [2.05, 4.69) is 9.88 Å². The maximum Gasteiger partial charge on any atom is 0.425 e. The number of benzene rings is 1. The summed E-state index contributed by atoms with van der Waals surface area (Å²) in [4.78, 5) is 34.9. The zero-order valence-electron chi connectivity index (χ0n) is 22.6. The predicted octanol–water partition coefficient (Wildman–Crippen LogP) is 5.93. The van der Waals surface area contributed by atoms with Crippen molar-refractivity contribution in [3.8, 4) is 5.19 Å². The van der Waals surface area contributed by atoms with Gasteiger partial charge in [-0.1, -0.05) is 36.3 Å². The Morgan fingerprint density at radius 3 is 2.62 bits per heavy atom. The van der Waals surface area contributed by atoms with Crippen LogP contribution in [0.1, 0.15) is 82.3 Å². The number of carbonyl (C=O) groups excluding carboxylic acids is 2. The van der Waals surface area contributed by atoms with Crippen molar-refractivity contribution >= 4 is 23.0 Å². The highest BCUT2D eigenvalue weighted by molar-refractivity contribution is 7.13. The first-order valence-electron chi connectivity index (χ1n) is 13.9. The van der Waals surface area contributed by atoms with E-state index in [-0.39, 0.29) is 16.9 Å². The second kappa shape index (κ2) is 11.6. The van der Waals surface area contributed by atoms with Crippen molar-refractivity contribution in [1.29, 1.82) is 0 Å². The molecule has 39 heavy (non-hydrogen) atoms. The topological polar surface area (TPSA) is 62.7 Å². The first kappa shape index (κ1) is 28.1. The van der Waals surface area contributed by atoms with Gasteiger partial charge < -0.3 is 14.5 Å². The number of carbonyl (C=O) groups is 2. The van der Waals surface area contributed by atoms with Gasteiger partial charge in [-0.2, -0.15) is 13.2 Å². The Balaban J connectivity index is 1.04. The number of ether oxygens (including phenoxy) is 1. The van der Waals surface area contributed by atoms with Crippen molar-refractivity contribution in [2.45, 2.75) is 77.1 Å². The van der Waals surface area contributed by atoms with Crippen LogP contribution in [0.3, 0.4) is 0 Å². The molecule has 2 aromatic rings. The maximum atomic E-state index is 13.1. The minimum atomic E-state index is -4.39. The molecule has 0 radical (unpaired) electrons. The number of amides is 1. The molecule has 1 aliphatic carbocycles. The average molecular weight is 564 g/mol. The standard InChI is InChI=1S/C29H36F3N3O3S/c1-18(29(30,31)32)38-28-33-24-11-14-35(15-12-26(24)39-28)13-10-19-6-8-20(9-7-19)16-25(36)21-4-3-5-22-23(21)17-34(2)27(22)37/h3-5,18-20H,6-17H2,1-2H3. The van der Waals surface area contributed by atoms with Crippen molar-refractivity contribution in [1.82, 2.24) is 14.8 Å². The number of hydrogen-bond acceptors (Lipinski definition) is 6. The van der Waals surface area contributed by atoms with Gasteiger partial charge in [-0.05, 0) is 62.6 Å². The largest absolute Gasteiger partial charge is 0.457 e. The fourth-order valence-corrected chi connectivity index (χ4v) is 7.09. The molecule has 0 N–H and O–H groups in total. The predicted molar refractivity (Wildman–Crippen MR) is 143 cm³/mol. The van der Waals surface area contributed by atoms with Crippen molar-refractivity contribution < 1.29 is 27.5 Å². The molecule has 6 nitrogen and oxygen atoms in total. The summed E-state index contributed by atoms with van der Waals surface area (Å²) in [7, 11) is 1.77. The lowest BCUT2D eigenvalue weighted by atomic mass is 9.78. The number of hydrogen-bond donors (Lipinski definition) is 0. The molecule has 1 atom stereocenters. The molecular formula is C29H36F3N3O3S. The molecule has 1 amide bonds. The molecular weight excluding hydrogens is 527 g/mol. The molecule has 3 heterocycles. The zero-order valence-corrected chi connectivity index (χ0v) is 23.4. The van der Waals surface area contributed by atoms with Crippen LogP contribution in [-0.2, 0) is 19.4 Å². The maximum absolute atomic E-state index is 13.1. The van der Waals surface area contributed by atoms with E-state index in [0.717, 1.165) is 87.6 Å². The molecule has 1 unspecified atom stereocenters. The van der Waals surface area contributed by atoms with Crippen LogP contribution >= 0.6 is 11.3 Å². The Bertz CT molecular complexity index is 1180. The van der Waals surface area contributed by atoms with E-state index in [9.17, 15) is 22.8 Å². The fraction of sp³-hybridized carbons (Fsp3) is 0.621. The second-order valence-electron chi connectivity index (χ2n) is 11.3. The average Bonchev–Trinajstić information content (AvgIpc) is 3.35. The number of fused-ring (bicyclic) bond motifs is 2. The fourth-order valence-electron chi connectivity index (χ4n) is 6.07. The summed E-state index contributed by atoms with van der Waals surface area (Å²) < 4.78 is 43.5. The minimum Gasteiger partial charge on any atom is -0.457 e. The van der Waals surface area contributed by atoms with E-state index < -0.39 is 12.3 Å². The van der Waals surface area contributed by atoms with Crippen molar-refractivity contribution in [2.75, 3.05) is 26.7 Å². The molecule has 2 aliphatic heterocycles. The number of aromatic nitrogens is 1. The monoisotopic (exact) mass is 563 g/mol. The van der Waals surface area contributed by atoms with Gasteiger partial charge in [-0.25, -0.2) is 4.98 Å². The van der Waals surface area contributed by atoms with Crippen LogP contribution in [0.4, 0.5) is 13.2 Å². The summed E-state index contributed by atoms with van der Waals surface area (Å²) >= 11 is 1.24. The molecule has 1 saturated carbocycles. The van der Waals surface area contributed by atoms with Crippen LogP contribution in [0.25, 0.3) is 0 Å². The van der Waals surface area contributed by atoms with Crippen molar-refractivity contribution in [3.05, 3.63) is 45.5 Å². The Morgan fingerprint density at radius 1 is 1.15 bits per heavy atom. The first-order valence-corrected chi connectivity index (χ1v) is 14.7. The lowest BCUT2D eigenvalue weighted by molar-refractivity contribution is -0.189. The Morgan fingerprint density at radius 2 is 1.87 bits per heavy atom. The Kier molecular flexibility index (Phi) is 8.33. The summed E-state index contributed by atoms with van der Waals surface area (Å²) in [5.74, 6) is 1.20. The van der Waals surface area contributed by atoms with Gasteiger partial charge in [0.25, 0.3) is 11.1 Å². The first-order chi connectivity index (χ1) is 18.6. The molecule has 0 bridgehead atoms. The second-order valence-corrected chi connectivity index (χ2v) is 12.3. The van der Waals surface area contributed by atoms with Gasteiger partial charge in [0, 0.05) is 55.5 Å². The third-order valence-electron chi connectivity index (χ3n) is 8.56. The summed E-state index contributed by atoms with van der Waals surface area (Å²) in [5, 5.41) is 0.117. The summed E-state index contributed by atoms with van der Waals surface area (Å²) in [6.07, 6.45) is 1.33. The number of nitrogens with zero attached hydrogens (tertiary/aromatic N) is 3. The van der Waals surface area contributed by atoms with E-state index >= 15 is 0 Å². The lowest BCUT2D eigenvalue weighted by Crippen LogP contribution is -2.31. The van der Waals surface area contributed by atoms with E-state index in [1.54, 1.807) is 11.9 Å². The van der Waals surface area contributed by atoms with Crippen LogP contribution in [-0.4, -0.2) is 65.4 Å². The van der Waals surface area contributed by atoms with E-state index in [4.69, 9.17) is 4.74 Å². The molecule has 1 aromatic heterocycles. The molecule has 0 saturated heterocycles. The Hall–Kier alpha value is -2.46. The molecule has 5 rings (SSSR count). The molecule has 3 aliphatic rings. The highest BCUT2D eigenvalue weighted by Gasteiger charge is 2.39. The number of rotatable bonds is 8. The number of thiazole rings is 1. The SMILES string of the molecule is CC(Oc1nc2c(s1)CCN(CCC1CCC(CC(=O)c3cccc4c3CN(C)C4=O)CC1)CC2)C(F)(F)F. The van der Waals surface area contributed by atoms with Gasteiger partial charge in [0.2, 0.25) is 0 Å². The van der Waals surface area contributed by atoms with Crippen LogP contribution in [0.5, 0.6) is 5.19 Å². The quantitative estimate of drug-likeness (QED) is 0.373. The number of ketones is 1. The summed E-state index contributed by atoms with van der Waals surface area (Å²) in [5.41, 5.74) is 3.13. The van der Waals surface area contributed by atoms with Crippen LogP contribution in [0, 0.1) is 11.8 Å². The van der Waals surface area contributed by atoms with Gasteiger partial charge in [0.05, 0.1) is 5.69 Å². The minimum absolute atomic E-state index is 0.00854. The summed E-state index contributed by atoms with van der Waals surface area (Å²) in [6, 6.07) is 5.50. The van der Waals surface area contributed by atoms with Crippen LogP contribution in [0.15, 0.2) is 18.2 Å². The number of Topliss-reactive ketones (excluding diaryl/α,β-unsaturated/α-hetero) is 1. The zero-order chi connectivity index (χ0) is 27.7. The third-order valence-corrected chi connectivity index (χ3v) is 9.61. The number of alkyl halides is 3. The van der Waals surface area contributed by atoms with E-state index in [1.165, 1.54) is 11.3 Å². The highest BCUT2D eigenvalue weighted by atomic mass is 32.1. The van der Waals surface area contributed by atoms with Crippen LogP contribution < -0.4 is 4.74 Å².